The number of amides is 2. The number of aliphatic hydroxyl groups excluding tert-OH is 1. The molecule has 0 bridgehead atoms. The SMILES string of the molecule is O=C(NCC[C@@H](O)C1CCOCC1)NC(c1ccccc1)c1ccccc1. The molecule has 5 heteroatoms. The molecule has 2 amide bonds. The van der Waals surface area contributed by atoms with E-state index in [0.717, 1.165) is 24.0 Å². The van der Waals surface area contributed by atoms with Gasteiger partial charge in [-0.1, -0.05) is 60.7 Å². The summed E-state index contributed by atoms with van der Waals surface area (Å²) >= 11 is 0. The van der Waals surface area contributed by atoms with Crippen molar-refractivity contribution in [3.05, 3.63) is 71.8 Å². The van der Waals surface area contributed by atoms with Gasteiger partial charge in [0.05, 0.1) is 12.1 Å². The van der Waals surface area contributed by atoms with Gasteiger partial charge in [-0.25, -0.2) is 4.79 Å². The van der Waals surface area contributed by atoms with Crippen molar-refractivity contribution in [2.45, 2.75) is 31.4 Å². The van der Waals surface area contributed by atoms with Crippen LogP contribution < -0.4 is 10.6 Å². The fourth-order valence-electron chi connectivity index (χ4n) is 3.50. The molecule has 3 rings (SSSR count). The van der Waals surface area contributed by atoms with E-state index in [4.69, 9.17) is 4.74 Å². The van der Waals surface area contributed by atoms with Gasteiger partial charge in [0.2, 0.25) is 0 Å². The lowest BCUT2D eigenvalue weighted by Gasteiger charge is -2.27. The quantitative estimate of drug-likeness (QED) is 0.703. The molecule has 1 fully saturated rings. The molecule has 0 spiro atoms. The summed E-state index contributed by atoms with van der Waals surface area (Å²) in [4.78, 5) is 12.4. The van der Waals surface area contributed by atoms with Gasteiger partial charge >= 0.3 is 6.03 Å². The number of nitrogens with one attached hydrogen (secondary N) is 2. The van der Waals surface area contributed by atoms with Gasteiger partial charge in [-0.2, -0.15) is 0 Å². The molecule has 1 heterocycles. The average Bonchev–Trinajstić information content (AvgIpc) is 2.74. The lowest BCUT2D eigenvalue weighted by atomic mass is 9.92. The molecule has 2 aromatic rings. The number of aliphatic hydroxyl groups is 1. The minimum atomic E-state index is -0.395. The molecule has 1 aliphatic rings. The molecule has 27 heavy (non-hydrogen) atoms. The summed E-state index contributed by atoms with van der Waals surface area (Å²) in [6.45, 7) is 1.87. The maximum absolute atomic E-state index is 12.4. The van der Waals surface area contributed by atoms with Crippen LogP contribution in [0, 0.1) is 5.92 Å². The van der Waals surface area contributed by atoms with Crippen LogP contribution in [-0.2, 0) is 4.74 Å². The van der Waals surface area contributed by atoms with Crippen molar-refractivity contribution in [2.24, 2.45) is 5.92 Å². The van der Waals surface area contributed by atoms with E-state index in [0.29, 0.717) is 26.2 Å². The minimum absolute atomic E-state index is 0.215. The monoisotopic (exact) mass is 368 g/mol. The first kappa shape index (κ1) is 19.4. The number of ether oxygens (including phenoxy) is 1. The lowest BCUT2D eigenvalue weighted by molar-refractivity contribution is 0.00545. The third kappa shape index (κ3) is 5.81. The third-order valence-corrected chi connectivity index (χ3v) is 5.08. The number of benzene rings is 2. The van der Waals surface area contributed by atoms with E-state index < -0.39 is 6.10 Å². The summed E-state index contributed by atoms with van der Waals surface area (Å²) in [7, 11) is 0. The summed E-state index contributed by atoms with van der Waals surface area (Å²) in [5, 5.41) is 16.2. The molecule has 1 aliphatic heterocycles. The highest BCUT2D eigenvalue weighted by Crippen LogP contribution is 2.22. The van der Waals surface area contributed by atoms with Crippen molar-refractivity contribution >= 4 is 6.03 Å². The Labute approximate surface area is 160 Å². The number of hydrogen-bond donors (Lipinski definition) is 3. The van der Waals surface area contributed by atoms with Crippen LogP contribution in [0.25, 0.3) is 0 Å². The summed E-state index contributed by atoms with van der Waals surface area (Å²) in [6, 6.07) is 19.4. The first-order valence-electron chi connectivity index (χ1n) is 9.64. The average molecular weight is 368 g/mol. The highest BCUT2D eigenvalue weighted by Gasteiger charge is 2.22. The molecule has 3 N–H and O–H groups in total. The van der Waals surface area contributed by atoms with Crippen molar-refractivity contribution in [1.29, 1.82) is 0 Å². The molecular weight excluding hydrogens is 340 g/mol. The van der Waals surface area contributed by atoms with Gasteiger partial charge in [-0.3, -0.25) is 0 Å². The summed E-state index contributed by atoms with van der Waals surface area (Å²) in [6.07, 6.45) is 1.93. The van der Waals surface area contributed by atoms with Crippen LogP contribution in [0.15, 0.2) is 60.7 Å². The molecule has 0 aliphatic carbocycles. The van der Waals surface area contributed by atoms with Crippen molar-refractivity contribution < 1.29 is 14.6 Å². The zero-order chi connectivity index (χ0) is 18.9. The maximum Gasteiger partial charge on any atom is 0.315 e. The van der Waals surface area contributed by atoms with E-state index in [2.05, 4.69) is 10.6 Å². The second-order valence-corrected chi connectivity index (χ2v) is 6.96. The van der Waals surface area contributed by atoms with Crippen molar-refractivity contribution in [1.82, 2.24) is 10.6 Å². The van der Waals surface area contributed by atoms with Crippen LogP contribution in [0.4, 0.5) is 4.79 Å². The van der Waals surface area contributed by atoms with Gasteiger partial charge < -0.3 is 20.5 Å². The Morgan fingerprint density at radius 2 is 1.56 bits per heavy atom. The van der Waals surface area contributed by atoms with Gasteiger partial charge in [0.15, 0.2) is 0 Å². The van der Waals surface area contributed by atoms with Crippen molar-refractivity contribution in [3.63, 3.8) is 0 Å². The molecule has 0 saturated carbocycles. The van der Waals surface area contributed by atoms with Crippen LogP contribution >= 0.6 is 0 Å². The highest BCUT2D eigenvalue weighted by atomic mass is 16.5. The second kappa shape index (κ2) is 10.1. The van der Waals surface area contributed by atoms with E-state index in [9.17, 15) is 9.90 Å². The molecule has 1 saturated heterocycles. The zero-order valence-electron chi connectivity index (χ0n) is 15.5. The number of carbonyl (C=O) groups excluding carboxylic acids is 1. The third-order valence-electron chi connectivity index (χ3n) is 5.08. The van der Waals surface area contributed by atoms with Crippen LogP contribution in [0.2, 0.25) is 0 Å². The van der Waals surface area contributed by atoms with Gasteiger partial charge in [-0.05, 0) is 36.3 Å². The summed E-state index contributed by atoms with van der Waals surface area (Å²) in [5.74, 6) is 0.269. The van der Waals surface area contributed by atoms with E-state index in [1.165, 1.54) is 0 Å². The predicted molar refractivity (Wildman–Crippen MR) is 105 cm³/mol. The fraction of sp³-hybridized carbons (Fsp3) is 0.409. The molecule has 144 valence electrons. The Morgan fingerprint density at radius 1 is 1.00 bits per heavy atom. The van der Waals surface area contributed by atoms with Crippen LogP contribution in [0.5, 0.6) is 0 Å². The molecular formula is C22H28N2O3. The predicted octanol–water partition coefficient (Wildman–Crippen LogP) is 3.25. The fourth-order valence-corrected chi connectivity index (χ4v) is 3.50. The Hall–Kier alpha value is -2.37. The van der Waals surface area contributed by atoms with Crippen LogP contribution in [-0.4, -0.2) is 37.0 Å². The van der Waals surface area contributed by atoms with Crippen LogP contribution in [0.1, 0.15) is 36.4 Å². The molecule has 0 radical (unpaired) electrons. The molecule has 0 aromatic heterocycles. The molecule has 2 aromatic carbocycles. The maximum atomic E-state index is 12.4. The van der Waals surface area contributed by atoms with Gasteiger partial charge in [0.25, 0.3) is 0 Å². The van der Waals surface area contributed by atoms with Crippen molar-refractivity contribution in [2.75, 3.05) is 19.8 Å². The zero-order valence-corrected chi connectivity index (χ0v) is 15.5. The van der Waals surface area contributed by atoms with Gasteiger partial charge in [0.1, 0.15) is 0 Å². The van der Waals surface area contributed by atoms with Crippen molar-refractivity contribution in [3.8, 4) is 0 Å². The van der Waals surface area contributed by atoms with E-state index in [1.807, 2.05) is 60.7 Å². The molecule has 5 nitrogen and oxygen atoms in total. The normalized spacial score (nSPS) is 16.1. The minimum Gasteiger partial charge on any atom is -0.393 e. The van der Waals surface area contributed by atoms with Crippen LogP contribution in [0.3, 0.4) is 0 Å². The summed E-state index contributed by atoms with van der Waals surface area (Å²) in [5.41, 5.74) is 2.06. The van der Waals surface area contributed by atoms with E-state index >= 15 is 0 Å². The van der Waals surface area contributed by atoms with E-state index in [-0.39, 0.29) is 18.0 Å². The Kier molecular flexibility index (Phi) is 7.25. The number of hydrogen-bond acceptors (Lipinski definition) is 3. The number of rotatable bonds is 7. The Morgan fingerprint density at radius 3 is 2.11 bits per heavy atom. The largest absolute Gasteiger partial charge is 0.393 e. The topological polar surface area (TPSA) is 70.6 Å². The number of carbonyl (C=O) groups is 1. The van der Waals surface area contributed by atoms with E-state index in [1.54, 1.807) is 0 Å². The second-order valence-electron chi connectivity index (χ2n) is 6.96. The smallest absolute Gasteiger partial charge is 0.315 e. The summed E-state index contributed by atoms with van der Waals surface area (Å²) < 4.78 is 5.33. The highest BCUT2D eigenvalue weighted by molar-refractivity contribution is 5.75. The molecule has 1 atom stereocenters. The lowest BCUT2D eigenvalue weighted by Crippen LogP contribution is -2.40. The standard InChI is InChI=1S/C22H28N2O3/c25-20(17-12-15-27-16-13-17)11-14-23-22(26)24-21(18-7-3-1-4-8-18)19-9-5-2-6-10-19/h1-10,17,20-21,25H,11-16H2,(H2,23,24,26)/t20-/m1/s1. The van der Waals surface area contributed by atoms with Gasteiger partial charge in [-0.15, -0.1) is 0 Å². The first-order valence-corrected chi connectivity index (χ1v) is 9.64. The molecule has 0 unspecified atom stereocenters. The Balaban J connectivity index is 1.53. The number of urea groups is 1. The Bertz CT molecular complexity index is 648. The van der Waals surface area contributed by atoms with Gasteiger partial charge in [0, 0.05) is 19.8 Å². The first-order chi connectivity index (χ1) is 13.2.